The van der Waals surface area contributed by atoms with E-state index >= 15 is 0 Å². The summed E-state index contributed by atoms with van der Waals surface area (Å²) in [5.41, 5.74) is 3.78. The zero-order valence-electron chi connectivity index (χ0n) is 21.2. The molecule has 2 saturated heterocycles. The normalized spacial score (nSPS) is 22.4. The molecule has 0 spiro atoms. The molecule has 6 rings (SSSR count). The van der Waals surface area contributed by atoms with Crippen molar-refractivity contribution in [2.24, 2.45) is 0 Å². The van der Waals surface area contributed by atoms with Crippen molar-refractivity contribution in [2.75, 3.05) is 13.1 Å². The van der Waals surface area contributed by atoms with Gasteiger partial charge in [0, 0.05) is 38.8 Å². The second-order valence-corrected chi connectivity index (χ2v) is 10.3. The third-order valence-electron chi connectivity index (χ3n) is 7.69. The van der Waals surface area contributed by atoms with Crippen LogP contribution in [-0.4, -0.2) is 67.5 Å². The minimum absolute atomic E-state index is 0.0390. The molecule has 0 saturated carbocycles. The first-order chi connectivity index (χ1) is 19.1. The topological polar surface area (TPSA) is 92.2 Å². The number of carbonyl (C=O) groups excluding carboxylic acids is 2. The number of rotatable bonds is 5. The summed E-state index contributed by atoms with van der Waals surface area (Å²) in [6, 6.07) is 8.43. The Morgan fingerprint density at radius 2 is 1.10 bits per heavy atom. The lowest BCUT2D eigenvalue weighted by Crippen LogP contribution is -2.41. The number of halogens is 4. The number of benzene rings is 2. The Labute approximate surface area is 226 Å². The highest BCUT2D eigenvalue weighted by Crippen LogP contribution is 2.41. The molecule has 0 bridgehead atoms. The summed E-state index contributed by atoms with van der Waals surface area (Å²) in [5.74, 6) is -5.75. The summed E-state index contributed by atoms with van der Waals surface area (Å²) in [4.78, 5) is 44.0. The van der Waals surface area contributed by atoms with Gasteiger partial charge in [-0.15, -0.1) is 0 Å². The molecule has 4 aromatic rings. The fourth-order valence-electron chi connectivity index (χ4n) is 5.49. The van der Waals surface area contributed by atoms with Gasteiger partial charge in [-0.2, -0.15) is 0 Å². The SMILES string of the molecule is O=CN1CCC(F)(F)CC1c1ccc2ncc(-c3cnc4ccc(C5CC(F)(F)CCN5C=O)cc4n3)nc2c1. The molecule has 2 unspecified atom stereocenters. The smallest absolute Gasteiger partial charge is 0.252 e. The highest BCUT2D eigenvalue weighted by atomic mass is 19.3. The average Bonchev–Trinajstić information content (AvgIpc) is 2.95. The van der Waals surface area contributed by atoms with Crippen molar-refractivity contribution in [3.63, 3.8) is 0 Å². The molecule has 8 nitrogen and oxygen atoms in total. The van der Waals surface area contributed by atoms with Gasteiger partial charge in [-0.1, -0.05) is 12.1 Å². The molecule has 0 N–H and O–H groups in total. The highest BCUT2D eigenvalue weighted by molar-refractivity contribution is 5.80. The van der Waals surface area contributed by atoms with Gasteiger partial charge in [0.1, 0.15) is 11.4 Å². The molecule has 2 fully saturated rings. The molecule has 12 heteroatoms. The molecule has 2 aliphatic rings. The van der Waals surface area contributed by atoms with Crippen LogP contribution >= 0.6 is 0 Å². The third-order valence-corrected chi connectivity index (χ3v) is 7.69. The van der Waals surface area contributed by atoms with Crippen molar-refractivity contribution in [3.8, 4) is 11.4 Å². The number of alkyl halides is 4. The van der Waals surface area contributed by atoms with Crippen molar-refractivity contribution in [3.05, 3.63) is 59.9 Å². The van der Waals surface area contributed by atoms with Gasteiger partial charge >= 0.3 is 0 Å². The van der Waals surface area contributed by atoms with Gasteiger partial charge in [0.15, 0.2) is 0 Å². The van der Waals surface area contributed by atoms with Crippen LogP contribution in [0.25, 0.3) is 33.5 Å². The van der Waals surface area contributed by atoms with Crippen LogP contribution in [-0.2, 0) is 9.59 Å². The highest BCUT2D eigenvalue weighted by Gasteiger charge is 2.41. The summed E-state index contributed by atoms with van der Waals surface area (Å²) in [5, 5.41) is 0. The Morgan fingerprint density at radius 3 is 1.50 bits per heavy atom. The second kappa shape index (κ2) is 9.76. The Bertz CT molecular complexity index is 1500. The quantitative estimate of drug-likeness (QED) is 0.253. The van der Waals surface area contributed by atoms with E-state index in [2.05, 4.69) is 19.9 Å². The number of fused-ring (bicyclic) bond motifs is 2. The largest absolute Gasteiger partial charge is 0.338 e. The molecule has 2 aliphatic heterocycles. The Morgan fingerprint density at radius 1 is 0.675 bits per heavy atom. The monoisotopic (exact) mass is 552 g/mol. The van der Waals surface area contributed by atoms with Crippen molar-refractivity contribution in [1.29, 1.82) is 0 Å². The molecular formula is C28H24F4N6O2. The van der Waals surface area contributed by atoms with Crippen molar-refractivity contribution in [2.45, 2.75) is 49.6 Å². The van der Waals surface area contributed by atoms with Crippen LogP contribution in [0.15, 0.2) is 48.8 Å². The first kappa shape index (κ1) is 26.0. The number of piperidine rings is 2. The third kappa shape index (κ3) is 4.93. The van der Waals surface area contributed by atoms with Crippen LogP contribution in [0, 0.1) is 0 Å². The van der Waals surface area contributed by atoms with Gasteiger partial charge in [-0.25, -0.2) is 27.5 Å². The standard InChI is InChI=1S/C28H24F4N6O2/c29-27(30)5-7-37(15-39)25(11-27)17-1-3-19-21(9-17)35-23(13-33-19)24-14-34-20-4-2-18(10-22(20)36-24)26-12-28(31,32)6-8-38(26)16-40/h1-4,9-10,13-16,25-26H,5-8,11-12H2. The van der Waals surface area contributed by atoms with E-state index in [1.54, 1.807) is 36.4 Å². The number of aromatic nitrogens is 4. The van der Waals surface area contributed by atoms with E-state index in [1.807, 2.05) is 0 Å². The molecule has 2 atom stereocenters. The predicted molar refractivity (Wildman–Crippen MR) is 137 cm³/mol. The summed E-state index contributed by atoms with van der Waals surface area (Å²) in [7, 11) is 0. The van der Waals surface area contributed by atoms with Crippen LogP contribution in [0.3, 0.4) is 0 Å². The van der Waals surface area contributed by atoms with Crippen LogP contribution < -0.4 is 0 Å². The summed E-state index contributed by atoms with van der Waals surface area (Å²) in [6.07, 6.45) is 2.52. The zero-order chi connectivity index (χ0) is 28.1. The number of nitrogens with zero attached hydrogens (tertiary/aromatic N) is 6. The van der Waals surface area contributed by atoms with Gasteiger partial charge in [-0.3, -0.25) is 19.6 Å². The van der Waals surface area contributed by atoms with Crippen LogP contribution in [0.2, 0.25) is 0 Å². The lowest BCUT2D eigenvalue weighted by atomic mass is 9.93. The van der Waals surface area contributed by atoms with Crippen molar-refractivity contribution < 1.29 is 27.2 Å². The lowest BCUT2D eigenvalue weighted by Gasteiger charge is -2.37. The molecule has 4 heterocycles. The van der Waals surface area contributed by atoms with Gasteiger partial charge in [0.25, 0.3) is 11.8 Å². The number of carbonyl (C=O) groups is 2. The van der Waals surface area contributed by atoms with Crippen LogP contribution in [0.5, 0.6) is 0 Å². The summed E-state index contributed by atoms with van der Waals surface area (Å²) in [6.45, 7) is -0.0780. The molecule has 40 heavy (non-hydrogen) atoms. The van der Waals surface area contributed by atoms with E-state index in [9.17, 15) is 27.2 Å². The molecule has 2 aromatic heterocycles. The summed E-state index contributed by atoms with van der Waals surface area (Å²) >= 11 is 0. The predicted octanol–water partition coefficient (Wildman–Crippen LogP) is 5.10. The average molecular weight is 553 g/mol. The van der Waals surface area contributed by atoms with E-state index in [0.717, 1.165) is 0 Å². The Kier molecular flexibility index (Phi) is 6.35. The van der Waals surface area contributed by atoms with Crippen LogP contribution in [0.4, 0.5) is 17.6 Å². The number of amides is 2. The molecular weight excluding hydrogens is 528 g/mol. The number of hydrogen-bond acceptors (Lipinski definition) is 6. The lowest BCUT2D eigenvalue weighted by molar-refractivity contribution is -0.131. The van der Waals surface area contributed by atoms with Crippen LogP contribution in [0.1, 0.15) is 48.9 Å². The van der Waals surface area contributed by atoms with Gasteiger partial charge in [0.05, 0.1) is 46.5 Å². The molecule has 2 aromatic carbocycles. The van der Waals surface area contributed by atoms with E-state index in [4.69, 9.17) is 0 Å². The molecule has 2 amide bonds. The van der Waals surface area contributed by atoms with Gasteiger partial charge < -0.3 is 9.80 Å². The number of likely N-dealkylation sites (tertiary alicyclic amines) is 2. The Balaban J connectivity index is 1.35. The fraction of sp³-hybridized carbons (Fsp3) is 0.357. The minimum atomic E-state index is -2.87. The van der Waals surface area contributed by atoms with E-state index in [0.29, 0.717) is 57.4 Å². The van der Waals surface area contributed by atoms with E-state index in [-0.39, 0.29) is 25.9 Å². The maximum atomic E-state index is 14.2. The van der Waals surface area contributed by atoms with Gasteiger partial charge in [0.2, 0.25) is 12.8 Å². The molecule has 206 valence electrons. The minimum Gasteiger partial charge on any atom is -0.338 e. The second-order valence-electron chi connectivity index (χ2n) is 10.3. The van der Waals surface area contributed by atoms with Crippen molar-refractivity contribution >= 4 is 34.9 Å². The molecule has 0 aliphatic carbocycles. The Hall–Kier alpha value is -4.22. The van der Waals surface area contributed by atoms with Crippen molar-refractivity contribution in [1.82, 2.24) is 29.7 Å². The zero-order valence-corrected chi connectivity index (χ0v) is 21.2. The maximum Gasteiger partial charge on any atom is 0.252 e. The van der Waals surface area contributed by atoms with E-state index in [1.165, 1.54) is 22.2 Å². The fourth-order valence-corrected chi connectivity index (χ4v) is 5.49. The summed E-state index contributed by atoms with van der Waals surface area (Å²) < 4.78 is 56.6. The number of hydrogen-bond donors (Lipinski definition) is 0. The first-order valence-electron chi connectivity index (χ1n) is 12.9. The first-order valence-corrected chi connectivity index (χ1v) is 12.9. The maximum absolute atomic E-state index is 14.2. The van der Waals surface area contributed by atoms with Gasteiger partial charge in [-0.05, 0) is 35.4 Å². The van der Waals surface area contributed by atoms with E-state index < -0.39 is 36.8 Å². The molecule has 0 radical (unpaired) electrons.